The lowest BCUT2D eigenvalue weighted by atomic mass is 9.89. The number of benzene rings is 1. The maximum Gasteiger partial charge on any atom is 0.142 e. The monoisotopic (exact) mass is 303 g/mol. The molecule has 0 amide bonds. The van der Waals surface area contributed by atoms with E-state index in [0.717, 1.165) is 38.5 Å². The van der Waals surface area contributed by atoms with Crippen molar-refractivity contribution in [3.8, 4) is 5.75 Å². The van der Waals surface area contributed by atoms with E-state index in [1.54, 1.807) is 0 Å². The second-order valence-electron chi connectivity index (χ2n) is 6.90. The average molecular weight is 303 g/mol. The molecule has 122 valence electrons. The lowest BCUT2D eigenvalue weighted by molar-refractivity contribution is 0.169. The number of ether oxygens (including phenoxy) is 1. The third-order valence-corrected chi connectivity index (χ3v) is 4.94. The summed E-state index contributed by atoms with van der Waals surface area (Å²) in [6.07, 6.45) is 1.31. The van der Waals surface area contributed by atoms with E-state index < -0.39 is 0 Å². The Labute approximate surface area is 134 Å². The summed E-state index contributed by atoms with van der Waals surface area (Å²) in [4.78, 5) is 5.10. The smallest absolute Gasteiger partial charge is 0.142 e. The van der Waals surface area contributed by atoms with E-state index >= 15 is 0 Å². The summed E-state index contributed by atoms with van der Waals surface area (Å²) < 4.78 is 5.78. The first-order valence-electron chi connectivity index (χ1n) is 8.60. The number of piperazine rings is 1. The van der Waals surface area contributed by atoms with Gasteiger partial charge in [0, 0.05) is 39.3 Å². The molecule has 1 aromatic carbocycles. The molecule has 1 atom stereocenters. The summed E-state index contributed by atoms with van der Waals surface area (Å²) in [7, 11) is 0. The van der Waals surface area contributed by atoms with Gasteiger partial charge in [-0.2, -0.15) is 0 Å². The third kappa shape index (κ3) is 3.55. The van der Waals surface area contributed by atoms with Gasteiger partial charge in [-0.3, -0.25) is 4.90 Å². The standard InChI is InChI=1S/C18H29N3O/c1-3-22-17-7-5-4-6-16(17)21-12-10-20(11-13-21)15-18(2)8-9-19-14-18/h4-7,19H,3,8-15H2,1-2H3. The van der Waals surface area contributed by atoms with Crippen LogP contribution in [0.4, 0.5) is 5.69 Å². The molecule has 0 aromatic heterocycles. The van der Waals surface area contributed by atoms with Crippen molar-refractivity contribution in [2.45, 2.75) is 20.3 Å². The summed E-state index contributed by atoms with van der Waals surface area (Å²) >= 11 is 0. The van der Waals surface area contributed by atoms with Crippen molar-refractivity contribution in [3.63, 3.8) is 0 Å². The van der Waals surface area contributed by atoms with Gasteiger partial charge < -0.3 is 15.0 Å². The molecule has 1 unspecified atom stereocenters. The van der Waals surface area contributed by atoms with Crippen molar-refractivity contribution in [3.05, 3.63) is 24.3 Å². The molecule has 4 nitrogen and oxygen atoms in total. The normalized spacial score (nSPS) is 26.4. The largest absolute Gasteiger partial charge is 0.492 e. The van der Waals surface area contributed by atoms with Crippen LogP contribution in [0.2, 0.25) is 0 Å². The topological polar surface area (TPSA) is 27.7 Å². The Bertz CT molecular complexity index is 477. The first-order valence-corrected chi connectivity index (χ1v) is 8.60. The number of rotatable bonds is 5. The van der Waals surface area contributed by atoms with Gasteiger partial charge >= 0.3 is 0 Å². The molecule has 0 radical (unpaired) electrons. The van der Waals surface area contributed by atoms with Gasteiger partial charge in [-0.1, -0.05) is 19.1 Å². The molecule has 0 spiro atoms. The zero-order valence-electron chi connectivity index (χ0n) is 14.0. The fourth-order valence-corrected chi connectivity index (χ4v) is 3.69. The number of nitrogens with zero attached hydrogens (tertiary/aromatic N) is 2. The van der Waals surface area contributed by atoms with Crippen LogP contribution >= 0.6 is 0 Å². The third-order valence-electron chi connectivity index (χ3n) is 4.94. The molecule has 1 aromatic rings. The Kier molecular flexibility index (Phi) is 4.89. The van der Waals surface area contributed by atoms with Crippen molar-refractivity contribution < 1.29 is 4.74 Å². The predicted octanol–water partition coefficient (Wildman–Crippen LogP) is 2.21. The highest BCUT2D eigenvalue weighted by Gasteiger charge is 2.32. The van der Waals surface area contributed by atoms with Crippen molar-refractivity contribution in [2.24, 2.45) is 5.41 Å². The van der Waals surface area contributed by atoms with Gasteiger partial charge in [0.25, 0.3) is 0 Å². The average Bonchev–Trinajstić information content (AvgIpc) is 2.95. The Morgan fingerprint density at radius 3 is 2.64 bits per heavy atom. The van der Waals surface area contributed by atoms with Crippen LogP contribution in [-0.4, -0.2) is 57.3 Å². The van der Waals surface area contributed by atoms with Crippen LogP contribution in [0, 0.1) is 5.41 Å². The first-order chi connectivity index (χ1) is 10.7. The van der Waals surface area contributed by atoms with Gasteiger partial charge in [-0.25, -0.2) is 0 Å². The zero-order chi connectivity index (χ0) is 15.4. The first kappa shape index (κ1) is 15.6. The maximum atomic E-state index is 5.78. The molecule has 4 heteroatoms. The molecule has 0 bridgehead atoms. The number of hydrogen-bond acceptors (Lipinski definition) is 4. The molecule has 2 heterocycles. The number of nitrogens with one attached hydrogen (secondary N) is 1. The molecule has 22 heavy (non-hydrogen) atoms. The van der Waals surface area contributed by atoms with Crippen LogP contribution in [0.25, 0.3) is 0 Å². The number of anilines is 1. The van der Waals surface area contributed by atoms with Gasteiger partial charge in [0.2, 0.25) is 0 Å². The number of hydrogen-bond donors (Lipinski definition) is 1. The van der Waals surface area contributed by atoms with Crippen molar-refractivity contribution in [1.82, 2.24) is 10.2 Å². The highest BCUT2D eigenvalue weighted by Crippen LogP contribution is 2.30. The molecule has 2 aliphatic rings. The van der Waals surface area contributed by atoms with Crippen LogP contribution < -0.4 is 15.0 Å². The Morgan fingerprint density at radius 2 is 1.95 bits per heavy atom. The van der Waals surface area contributed by atoms with Crippen LogP contribution in [0.3, 0.4) is 0 Å². The van der Waals surface area contributed by atoms with Gasteiger partial charge in [-0.15, -0.1) is 0 Å². The highest BCUT2D eigenvalue weighted by molar-refractivity contribution is 5.58. The molecule has 3 rings (SSSR count). The van der Waals surface area contributed by atoms with Gasteiger partial charge in [0.1, 0.15) is 5.75 Å². The highest BCUT2D eigenvalue weighted by atomic mass is 16.5. The van der Waals surface area contributed by atoms with E-state index in [1.165, 1.54) is 31.7 Å². The van der Waals surface area contributed by atoms with Crippen molar-refractivity contribution in [2.75, 3.05) is 57.3 Å². The van der Waals surface area contributed by atoms with E-state index in [2.05, 4.69) is 46.3 Å². The Balaban J connectivity index is 1.57. The van der Waals surface area contributed by atoms with E-state index in [-0.39, 0.29) is 0 Å². The van der Waals surface area contributed by atoms with Gasteiger partial charge in [-0.05, 0) is 37.4 Å². The summed E-state index contributed by atoms with van der Waals surface area (Å²) in [5.74, 6) is 1.02. The molecular formula is C18H29N3O. The van der Waals surface area contributed by atoms with Gasteiger partial charge in [0.05, 0.1) is 12.3 Å². The molecule has 0 aliphatic carbocycles. The fourth-order valence-electron chi connectivity index (χ4n) is 3.69. The molecule has 1 N–H and O–H groups in total. The minimum atomic E-state index is 0.464. The molecular weight excluding hydrogens is 274 g/mol. The zero-order valence-corrected chi connectivity index (χ0v) is 14.0. The van der Waals surface area contributed by atoms with E-state index in [1.807, 2.05) is 6.92 Å². The summed E-state index contributed by atoms with van der Waals surface area (Å²) in [5.41, 5.74) is 1.71. The minimum absolute atomic E-state index is 0.464. The van der Waals surface area contributed by atoms with Crippen molar-refractivity contribution in [1.29, 1.82) is 0 Å². The van der Waals surface area contributed by atoms with E-state index in [0.29, 0.717) is 5.41 Å². The second kappa shape index (κ2) is 6.88. The summed E-state index contributed by atoms with van der Waals surface area (Å²) in [6.45, 7) is 13.2. The van der Waals surface area contributed by atoms with Gasteiger partial charge in [0.15, 0.2) is 0 Å². The molecule has 2 saturated heterocycles. The SMILES string of the molecule is CCOc1ccccc1N1CCN(CC2(C)CCNC2)CC1. The van der Waals surface area contributed by atoms with Crippen LogP contribution in [0.1, 0.15) is 20.3 Å². The molecule has 2 fully saturated rings. The summed E-state index contributed by atoms with van der Waals surface area (Å²) in [5, 5.41) is 3.50. The quantitative estimate of drug-likeness (QED) is 0.902. The summed E-state index contributed by atoms with van der Waals surface area (Å²) in [6, 6.07) is 8.42. The minimum Gasteiger partial charge on any atom is -0.492 e. The Morgan fingerprint density at radius 1 is 1.18 bits per heavy atom. The molecule has 2 aliphatic heterocycles. The molecule has 0 saturated carbocycles. The van der Waals surface area contributed by atoms with Crippen molar-refractivity contribution >= 4 is 5.69 Å². The van der Waals surface area contributed by atoms with E-state index in [4.69, 9.17) is 4.74 Å². The van der Waals surface area contributed by atoms with E-state index in [9.17, 15) is 0 Å². The maximum absolute atomic E-state index is 5.78. The second-order valence-corrected chi connectivity index (χ2v) is 6.90. The predicted molar refractivity (Wildman–Crippen MR) is 91.9 cm³/mol. The van der Waals surface area contributed by atoms with Crippen LogP contribution in [-0.2, 0) is 0 Å². The fraction of sp³-hybridized carbons (Fsp3) is 0.667. The number of para-hydroxylation sites is 2. The lowest BCUT2D eigenvalue weighted by Crippen LogP contribution is -2.50. The van der Waals surface area contributed by atoms with Crippen LogP contribution in [0.15, 0.2) is 24.3 Å². The van der Waals surface area contributed by atoms with Crippen LogP contribution in [0.5, 0.6) is 5.75 Å². The Hall–Kier alpha value is -1.26. The lowest BCUT2D eigenvalue weighted by Gasteiger charge is -2.40.